The van der Waals surface area contributed by atoms with Gasteiger partial charge in [0, 0.05) is 36.3 Å². The average molecular weight is 522 g/mol. The summed E-state index contributed by atoms with van der Waals surface area (Å²) in [5.74, 6) is -3.34. The monoisotopic (exact) mass is 521 g/mol. The molecule has 2 aliphatic rings. The molecule has 1 saturated carbocycles. The third-order valence-electron chi connectivity index (χ3n) is 6.91. The maximum atomic E-state index is 14.1. The summed E-state index contributed by atoms with van der Waals surface area (Å²) in [6.45, 7) is 6.90. The molecule has 0 spiro atoms. The lowest BCUT2D eigenvalue weighted by atomic mass is 10.1. The fourth-order valence-electron chi connectivity index (χ4n) is 4.73. The van der Waals surface area contributed by atoms with Crippen molar-refractivity contribution in [3.63, 3.8) is 0 Å². The molecular weight excluding hydrogens is 488 g/mol. The van der Waals surface area contributed by atoms with Crippen molar-refractivity contribution in [1.82, 2.24) is 20.2 Å². The van der Waals surface area contributed by atoms with E-state index < -0.39 is 42.8 Å². The number of rotatable bonds is 7. The van der Waals surface area contributed by atoms with Gasteiger partial charge in [-0.1, -0.05) is 6.92 Å². The molecule has 11 heteroatoms. The highest BCUT2D eigenvalue weighted by molar-refractivity contribution is 7.17. The van der Waals surface area contributed by atoms with Gasteiger partial charge in [-0.2, -0.15) is 0 Å². The second-order valence-corrected chi connectivity index (χ2v) is 11.0. The molecule has 1 aliphatic heterocycles. The number of alkyl halides is 2. The lowest BCUT2D eigenvalue weighted by Crippen LogP contribution is -2.36. The van der Waals surface area contributed by atoms with Crippen LogP contribution < -0.4 is 10.6 Å². The van der Waals surface area contributed by atoms with Gasteiger partial charge in [0.05, 0.1) is 17.5 Å². The maximum absolute atomic E-state index is 14.1. The molecule has 2 aromatic rings. The molecule has 36 heavy (non-hydrogen) atoms. The first-order valence-corrected chi connectivity index (χ1v) is 13.2. The normalized spacial score (nSPS) is 24.1. The molecule has 1 aliphatic carbocycles. The zero-order valence-corrected chi connectivity index (χ0v) is 21.8. The summed E-state index contributed by atoms with van der Waals surface area (Å²) in [6, 6.07) is 1.26. The highest BCUT2D eigenvalue weighted by atomic mass is 32.1. The molecule has 8 nitrogen and oxygen atoms in total. The van der Waals surface area contributed by atoms with Crippen LogP contribution in [-0.2, 0) is 0 Å². The van der Waals surface area contributed by atoms with Crippen LogP contribution in [0.3, 0.4) is 0 Å². The van der Waals surface area contributed by atoms with Crippen molar-refractivity contribution in [3.8, 4) is 10.4 Å². The Bertz CT molecular complexity index is 1140. The summed E-state index contributed by atoms with van der Waals surface area (Å²) in [6.07, 6.45) is 3.42. The number of aromatic nitrogens is 2. The molecule has 196 valence electrons. The number of pyridine rings is 1. The second-order valence-electron chi connectivity index (χ2n) is 10.0. The molecule has 2 aromatic heterocycles. The van der Waals surface area contributed by atoms with Crippen LogP contribution in [0, 0.1) is 6.92 Å². The third-order valence-corrected chi connectivity index (χ3v) is 8.00. The number of hydrogen-bond acceptors (Lipinski definition) is 7. The minimum absolute atomic E-state index is 0.0197. The molecular formula is C25H33F2N5O3S. The van der Waals surface area contributed by atoms with Crippen LogP contribution in [0.15, 0.2) is 12.3 Å². The smallest absolute Gasteiger partial charge is 0.280 e. The predicted molar refractivity (Wildman–Crippen MR) is 135 cm³/mol. The fourth-order valence-corrected chi connectivity index (χ4v) is 5.76. The van der Waals surface area contributed by atoms with Gasteiger partial charge in [-0.25, -0.2) is 18.7 Å². The van der Waals surface area contributed by atoms with Crippen molar-refractivity contribution in [1.29, 1.82) is 0 Å². The number of nitrogens with one attached hydrogen (secondary N) is 2. The summed E-state index contributed by atoms with van der Waals surface area (Å²) in [5, 5.41) is 16.0. The number of aliphatic hydroxyl groups excluding tert-OH is 1. The molecule has 1 saturated heterocycles. The second kappa shape index (κ2) is 10.4. The Morgan fingerprint density at radius 1 is 1.36 bits per heavy atom. The van der Waals surface area contributed by atoms with Crippen LogP contribution in [-0.4, -0.2) is 68.5 Å². The molecule has 3 N–H and O–H groups in total. The number of halogens is 2. The first-order chi connectivity index (χ1) is 17.0. The minimum Gasteiger partial charge on any atom is -0.393 e. The summed E-state index contributed by atoms with van der Waals surface area (Å²) in [4.78, 5) is 36.9. The lowest BCUT2D eigenvalue weighted by Gasteiger charge is -2.20. The van der Waals surface area contributed by atoms with E-state index >= 15 is 0 Å². The molecule has 2 fully saturated rings. The van der Waals surface area contributed by atoms with Crippen LogP contribution in [0.1, 0.15) is 78.7 Å². The van der Waals surface area contributed by atoms with E-state index in [9.17, 15) is 23.5 Å². The molecule has 0 radical (unpaired) electrons. The van der Waals surface area contributed by atoms with Gasteiger partial charge in [-0.05, 0) is 58.1 Å². The molecule has 0 aromatic carbocycles. The van der Waals surface area contributed by atoms with E-state index in [1.807, 2.05) is 19.9 Å². The number of carbonyl (C=O) groups is 2. The Hall–Kier alpha value is -2.66. The van der Waals surface area contributed by atoms with Crippen molar-refractivity contribution in [3.05, 3.63) is 28.5 Å². The Kier molecular flexibility index (Phi) is 7.61. The van der Waals surface area contributed by atoms with Crippen molar-refractivity contribution in [2.24, 2.45) is 0 Å². The summed E-state index contributed by atoms with van der Waals surface area (Å²) in [5.41, 5.74) is 1.42. The number of amides is 2. The highest BCUT2D eigenvalue weighted by Gasteiger charge is 2.46. The Morgan fingerprint density at radius 2 is 2.11 bits per heavy atom. The average Bonchev–Trinajstić information content (AvgIpc) is 3.50. The number of carbonyl (C=O) groups excluding carboxylic acids is 2. The number of aryl methyl sites for hydroxylation is 1. The number of thiazole rings is 1. The van der Waals surface area contributed by atoms with E-state index in [1.165, 1.54) is 0 Å². The molecule has 4 atom stereocenters. The van der Waals surface area contributed by atoms with E-state index in [-0.39, 0.29) is 22.8 Å². The first kappa shape index (κ1) is 26.4. The van der Waals surface area contributed by atoms with Gasteiger partial charge < -0.3 is 20.6 Å². The van der Waals surface area contributed by atoms with Gasteiger partial charge in [0.2, 0.25) is 0 Å². The lowest BCUT2D eigenvalue weighted by molar-refractivity contribution is 0.0118. The van der Waals surface area contributed by atoms with Crippen LogP contribution in [0.4, 0.5) is 14.6 Å². The van der Waals surface area contributed by atoms with Gasteiger partial charge in [0.25, 0.3) is 17.7 Å². The van der Waals surface area contributed by atoms with Crippen molar-refractivity contribution < 1.29 is 23.5 Å². The highest BCUT2D eigenvalue weighted by Crippen LogP contribution is 2.37. The Labute approximate surface area is 213 Å². The largest absolute Gasteiger partial charge is 0.393 e. The van der Waals surface area contributed by atoms with Crippen LogP contribution in [0.25, 0.3) is 10.4 Å². The van der Waals surface area contributed by atoms with E-state index in [2.05, 4.69) is 27.5 Å². The fraction of sp³-hybridized carbons (Fsp3) is 0.600. The van der Waals surface area contributed by atoms with Gasteiger partial charge in [0.15, 0.2) is 5.01 Å². The standard InChI is InChI=1S/C25H33F2N5O3S/c1-5-14(3)29-19-8-13(2)18(11-28-19)21-20(24(35)32-12-25(26,27)10-15(32)4)31-23(36-21)22(34)30-16-6-7-17(33)9-16/h8,11,14-17,33H,5-7,9-10,12H2,1-4H3,(H,28,29)(H,30,34)/t14-,15+,16+,17+/m1/s1. The summed E-state index contributed by atoms with van der Waals surface area (Å²) >= 11 is 1.05. The molecule has 3 heterocycles. The zero-order chi connectivity index (χ0) is 26.2. The van der Waals surface area contributed by atoms with Crippen molar-refractivity contribution in [2.45, 2.75) is 90.0 Å². The van der Waals surface area contributed by atoms with Gasteiger partial charge in [0.1, 0.15) is 11.5 Å². The van der Waals surface area contributed by atoms with Crippen LogP contribution in [0.2, 0.25) is 0 Å². The molecule has 4 rings (SSSR count). The Morgan fingerprint density at radius 3 is 2.69 bits per heavy atom. The minimum atomic E-state index is -2.96. The van der Waals surface area contributed by atoms with Crippen molar-refractivity contribution >= 4 is 29.0 Å². The quantitative estimate of drug-likeness (QED) is 0.503. The van der Waals surface area contributed by atoms with Crippen molar-refractivity contribution in [2.75, 3.05) is 11.9 Å². The van der Waals surface area contributed by atoms with Gasteiger partial charge in [-0.3, -0.25) is 9.59 Å². The number of likely N-dealkylation sites (tertiary alicyclic amines) is 1. The number of hydrogen-bond donors (Lipinski definition) is 3. The maximum Gasteiger partial charge on any atom is 0.280 e. The van der Waals surface area contributed by atoms with Crippen LogP contribution in [0.5, 0.6) is 0 Å². The molecule has 2 amide bonds. The predicted octanol–water partition coefficient (Wildman–Crippen LogP) is 4.24. The van der Waals surface area contributed by atoms with E-state index in [0.29, 0.717) is 35.5 Å². The van der Waals surface area contributed by atoms with E-state index in [0.717, 1.165) is 28.2 Å². The van der Waals surface area contributed by atoms with Crippen LogP contribution >= 0.6 is 11.3 Å². The topological polar surface area (TPSA) is 107 Å². The number of anilines is 1. The molecule has 0 bridgehead atoms. The Balaban J connectivity index is 1.69. The number of nitrogens with zero attached hydrogens (tertiary/aromatic N) is 3. The first-order valence-electron chi connectivity index (χ1n) is 12.4. The summed E-state index contributed by atoms with van der Waals surface area (Å²) in [7, 11) is 0. The van der Waals surface area contributed by atoms with E-state index in [1.54, 1.807) is 13.1 Å². The van der Waals surface area contributed by atoms with Gasteiger partial charge >= 0.3 is 0 Å². The van der Waals surface area contributed by atoms with Gasteiger partial charge in [-0.15, -0.1) is 11.3 Å². The SMILES string of the molecule is CC[C@@H](C)Nc1cc(C)c(-c2sc(C(=O)N[C@H]3CC[C@H](O)C3)nc2C(=O)N2CC(F)(F)C[C@@H]2C)cn1. The molecule has 0 unspecified atom stereocenters. The number of aliphatic hydroxyl groups is 1. The van der Waals surface area contributed by atoms with E-state index in [4.69, 9.17) is 0 Å². The third kappa shape index (κ3) is 5.67. The summed E-state index contributed by atoms with van der Waals surface area (Å²) < 4.78 is 28.1. The zero-order valence-electron chi connectivity index (χ0n) is 21.0.